The summed E-state index contributed by atoms with van der Waals surface area (Å²) < 4.78 is 4.96. The molecule has 0 saturated carbocycles. The third-order valence-corrected chi connectivity index (χ3v) is 2.08. The van der Waals surface area contributed by atoms with Gasteiger partial charge in [0, 0.05) is 5.69 Å². The van der Waals surface area contributed by atoms with Crippen LogP contribution in [0.2, 0.25) is 0 Å². The number of hydrogen-bond acceptors (Lipinski definition) is 2. The minimum absolute atomic E-state index is 0.260. The molecule has 0 aliphatic heterocycles. The average molecular weight is 195 g/mol. The molecule has 14 heavy (non-hydrogen) atoms. The van der Waals surface area contributed by atoms with E-state index in [0.717, 1.165) is 11.3 Å². The van der Waals surface area contributed by atoms with Crippen molar-refractivity contribution < 1.29 is 9.53 Å². The number of nitrogens with one attached hydrogen (secondary N) is 1. The Hall–Kier alpha value is -1.25. The van der Waals surface area contributed by atoms with Crippen molar-refractivity contribution in [2.75, 3.05) is 6.61 Å². The maximum Gasteiger partial charge on any atom is 0.355 e. The van der Waals surface area contributed by atoms with E-state index < -0.39 is 0 Å². The van der Waals surface area contributed by atoms with Crippen molar-refractivity contribution in [3.8, 4) is 0 Å². The topological polar surface area (TPSA) is 42.1 Å². The second-order valence-electron chi connectivity index (χ2n) is 3.66. The second kappa shape index (κ2) is 4.31. The van der Waals surface area contributed by atoms with E-state index in [2.05, 4.69) is 18.8 Å². The summed E-state index contributed by atoms with van der Waals surface area (Å²) in [7, 11) is 0. The lowest BCUT2D eigenvalue weighted by molar-refractivity contribution is 0.0518. The highest BCUT2D eigenvalue weighted by Gasteiger charge is 2.17. The van der Waals surface area contributed by atoms with Crippen LogP contribution in [0.4, 0.5) is 0 Å². The quantitative estimate of drug-likeness (QED) is 0.753. The summed E-state index contributed by atoms with van der Waals surface area (Å²) in [6, 6.07) is 2.00. The highest BCUT2D eigenvalue weighted by Crippen LogP contribution is 2.21. The molecular weight excluding hydrogens is 178 g/mol. The standard InChI is InChI=1S/C11H17NO2/c1-5-14-11(13)10-9(7(2)3)6-8(4)12-10/h6-7,12H,5H2,1-4H3. The van der Waals surface area contributed by atoms with Crippen molar-refractivity contribution in [2.24, 2.45) is 0 Å². The van der Waals surface area contributed by atoms with Gasteiger partial charge in [0.25, 0.3) is 0 Å². The van der Waals surface area contributed by atoms with Crippen molar-refractivity contribution in [1.29, 1.82) is 0 Å². The van der Waals surface area contributed by atoms with Gasteiger partial charge in [-0.05, 0) is 31.4 Å². The van der Waals surface area contributed by atoms with Gasteiger partial charge in [-0.25, -0.2) is 4.79 Å². The first-order valence-electron chi connectivity index (χ1n) is 4.92. The summed E-state index contributed by atoms with van der Waals surface area (Å²) >= 11 is 0. The van der Waals surface area contributed by atoms with Crippen LogP contribution in [0.1, 0.15) is 48.4 Å². The fraction of sp³-hybridized carbons (Fsp3) is 0.545. The lowest BCUT2D eigenvalue weighted by Gasteiger charge is -2.05. The second-order valence-corrected chi connectivity index (χ2v) is 3.66. The van der Waals surface area contributed by atoms with E-state index in [0.29, 0.717) is 18.2 Å². The summed E-state index contributed by atoms with van der Waals surface area (Å²) in [5.41, 5.74) is 2.62. The number of aryl methyl sites for hydroxylation is 1. The molecule has 0 aliphatic carbocycles. The van der Waals surface area contributed by atoms with E-state index in [1.54, 1.807) is 0 Å². The van der Waals surface area contributed by atoms with E-state index in [-0.39, 0.29) is 5.97 Å². The van der Waals surface area contributed by atoms with Gasteiger partial charge in [-0.2, -0.15) is 0 Å². The number of H-pyrrole nitrogens is 1. The lowest BCUT2D eigenvalue weighted by Crippen LogP contribution is -2.08. The number of carbonyl (C=O) groups is 1. The Kier molecular flexibility index (Phi) is 3.33. The largest absolute Gasteiger partial charge is 0.461 e. The molecule has 0 atom stereocenters. The molecule has 3 nitrogen and oxygen atoms in total. The molecule has 0 unspecified atom stereocenters. The van der Waals surface area contributed by atoms with Crippen molar-refractivity contribution in [2.45, 2.75) is 33.6 Å². The molecule has 1 rings (SSSR count). The zero-order valence-electron chi connectivity index (χ0n) is 9.18. The van der Waals surface area contributed by atoms with E-state index in [9.17, 15) is 4.79 Å². The first kappa shape index (κ1) is 10.8. The smallest absolute Gasteiger partial charge is 0.355 e. The molecule has 1 heterocycles. The number of carbonyl (C=O) groups excluding carboxylic acids is 1. The molecule has 0 spiro atoms. The molecule has 1 aromatic heterocycles. The Bertz CT molecular complexity index is 326. The SMILES string of the molecule is CCOC(=O)c1[nH]c(C)cc1C(C)C. The number of rotatable bonds is 3. The Morgan fingerprint density at radius 3 is 2.71 bits per heavy atom. The van der Waals surface area contributed by atoms with Gasteiger partial charge >= 0.3 is 5.97 Å². The molecule has 1 N–H and O–H groups in total. The number of ether oxygens (including phenoxy) is 1. The number of esters is 1. The Balaban J connectivity index is 3.00. The fourth-order valence-electron chi connectivity index (χ4n) is 1.44. The van der Waals surface area contributed by atoms with Crippen LogP contribution in [0.3, 0.4) is 0 Å². The van der Waals surface area contributed by atoms with Crippen LogP contribution in [0.15, 0.2) is 6.07 Å². The van der Waals surface area contributed by atoms with Crippen molar-refractivity contribution >= 4 is 5.97 Å². The van der Waals surface area contributed by atoms with Gasteiger partial charge in [0.15, 0.2) is 0 Å². The fourth-order valence-corrected chi connectivity index (χ4v) is 1.44. The maximum atomic E-state index is 11.5. The van der Waals surface area contributed by atoms with Gasteiger partial charge in [0.1, 0.15) is 5.69 Å². The average Bonchev–Trinajstić information content (AvgIpc) is 2.48. The van der Waals surface area contributed by atoms with Gasteiger partial charge in [-0.1, -0.05) is 13.8 Å². The molecule has 0 amide bonds. The summed E-state index contributed by atoms with van der Waals surface area (Å²) in [5.74, 6) is 0.0728. The third-order valence-electron chi connectivity index (χ3n) is 2.08. The summed E-state index contributed by atoms with van der Waals surface area (Å²) in [4.78, 5) is 14.6. The first-order valence-corrected chi connectivity index (χ1v) is 4.92. The van der Waals surface area contributed by atoms with Crippen LogP contribution in [-0.2, 0) is 4.74 Å². The van der Waals surface area contributed by atoms with Crippen LogP contribution in [0.25, 0.3) is 0 Å². The highest BCUT2D eigenvalue weighted by molar-refractivity contribution is 5.89. The zero-order valence-corrected chi connectivity index (χ0v) is 9.18. The van der Waals surface area contributed by atoms with Gasteiger partial charge < -0.3 is 9.72 Å². The van der Waals surface area contributed by atoms with Crippen LogP contribution in [0, 0.1) is 6.92 Å². The molecule has 1 aromatic rings. The zero-order chi connectivity index (χ0) is 10.7. The van der Waals surface area contributed by atoms with Crippen molar-refractivity contribution in [3.63, 3.8) is 0 Å². The van der Waals surface area contributed by atoms with Crippen LogP contribution < -0.4 is 0 Å². The van der Waals surface area contributed by atoms with E-state index >= 15 is 0 Å². The third kappa shape index (κ3) is 2.16. The first-order chi connectivity index (χ1) is 6.56. The predicted molar refractivity (Wildman–Crippen MR) is 55.6 cm³/mol. The summed E-state index contributed by atoms with van der Waals surface area (Å²) in [6.07, 6.45) is 0. The van der Waals surface area contributed by atoms with Crippen molar-refractivity contribution in [3.05, 3.63) is 23.0 Å². The normalized spacial score (nSPS) is 10.6. The number of aromatic nitrogens is 1. The van der Waals surface area contributed by atoms with Gasteiger partial charge in [0.05, 0.1) is 6.61 Å². The Morgan fingerprint density at radius 1 is 1.57 bits per heavy atom. The van der Waals surface area contributed by atoms with Gasteiger partial charge in [0.2, 0.25) is 0 Å². The highest BCUT2D eigenvalue weighted by atomic mass is 16.5. The molecule has 0 fully saturated rings. The van der Waals surface area contributed by atoms with E-state index in [1.807, 2.05) is 19.9 Å². The maximum absolute atomic E-state index is 11.5. The van der Waals surface area contributed by atoms with Crippen LogP contribution >= 0.6 is 0 Å². The molecule has 0 aromatic carbocycles. The summed E-state index contributed by atoms with van der Waals surface area (Å²) in [5, 5.41) is 0. The number of aromatic amines is 1. The molecule has 0 aliphatic rings. The van der Waals surface area contributed by atoms with Crippen LogP contribution in [-0.4, -0.2) is 17.6 Å². The van der Waals surface area contributed by atoms with Crippen LogP contribution in [0.5, 0.6) is 0 Å². The molecule has 0 radical (unpaired) electrons. The summed E-state index contributed by atoms with van der Waals surface area (Å²) in [6.45, 7) is 8.28. The van der Waals surface area contributed by atoms with E-state index in [4.69, 9.17) is 4.74 Å². The minimum atomic E-state index is -0.260. The van der Waals surface area contributed by atoms with E-state index in [1.165, 1.54) is 0 Å². The minimum Gasteiger partial charge on any atom is -0.461 e. The Morgan fingerprint density at radius 2 is 2.21 bits per heavy atom. The molecular formula is C11H17NO2. The monoisotopic (exact) mass is 195 g/mol. The molecule has 0 bridgehead atoms. The lowest BCUT2D eigenvalue weighted by atomic mass is 10.0. The number of hydrogen-bond donors (Lipinski definition) is 1. The Labute approximate surface area is 84.5 Å². The molecule has 78 valence electrons. The predicted octanol–water partition coefficient (Wildman–Crippen LogP) is 2.62. The van der Waals surface area contributed by atoms with Gasteiger partial charge in [-0.3, -0.25) is 0 Å². The van der Waals surface area contributed by atoms with Gasteiger partial charge in [-0.15, -0.1) is 0 Å². The van der Waals surface area contributed by atoms with Crippen molar-refractivity contribution in [1.82, 2.24) is 4.98 Å². The molecule has 0 saturated heterocycles. The molecule has 3 heteroatoms.